The van der Waals surface area contributed by atoms with Crippen molar-refractivity contribution in [2.75, 3.05) is 7.11 Å². The largest absolute Gasteiger partial charge is 0.507 e. The van der Waals surface area contributed by atoms with Gasteiger partial charge in [0.15, 0.2) is 0 Å². The van der Waals surface area contributed by atoms with E-state index in [1.54, 1.807) is 18.3 Å². The first-order valence-corrected chi connectivity index (χ1v) is 10.9. The summed E-state index contributed by atoms with van der Waals surface area (Å²) in [6, 6.07) is 10.8. The van der Waals surface area contributed by atoms with Crippen molar-refractivity contribution < 1.29 is 14.6 Å². The first-order valence-electron chi connectivity index (χ1n) is 10.9. The lowest BCUT2D eigenvalue weighted by molar-refractivity contribution is 0.0754. The third-order valence-corrected chi connectivity index (χ3v) is 6.56. The molecule has 4 heterocycles. The zero-order chi connectivity index (χ0) is 22.3. The van der Waals surface area contributed by atoms with Crippen LogP contribution in [0.25, 0.3) is 22.4 Å². The molecule has 0 amide bonds. The second-order valence-electron chi connectivity index (χ2n) is 9.37. The van der Waals surface area contributed by atoms with Gasteiger partial charge < -0.3 is 19.9 Å². The number of ether oxygens (including phenoxy) is 2. The molecule has 2 N–H and O–H groups in total. The van der Waals surface area contributed by atoms with E-state index in [1.807, 2.05) is 24.3 Å². The van der Waals surface area contributed by atoms with Gasteiger partial charge in [0.25, 0.3) is 0 Å². The van der Waals surface area contributed by atoms with E-state index in [9.17, 15) is 5.11 Å². The van der Waals surface area contributed by atoms with E-state index < -0.39 is 0 Å². The van der Waals surface area contributed by atoms with Crippen LogP contribution < -0.4 is 14.8 Å². The molecule has 1 unspecified atom stereocenters. The van der Waals surface area contributed by atoms with Crippen LogP contribution in [0.15, 0.2) is 42.6 Å². The Morgan fingerprint density at radius 2 is 1.72 bits per heavy atom. The summed E-state index contributed by atoms with van der Waals surface area (Å²) in [5.74, 6) is 1.03. The fraction of sp³-hybridized carbons (Fsp3) is 0.417. The summed E-state index contributed by atoms with van der Waals surface area (Å²) >= 11 is 0. The maximum absolute atomic E-state index is 10.6. The number of phenolic OH excluding ortho intramolecular Hbond substituents is 1. The summed E-state index contributed by atoms with van der Waals surface area (Å²) in [7, 11) is 1.54. The zero-order valence-corrected chi connectivity index (χ0v) is 18.5. The van der Waals surface area contributed by atoms with Gasteiger partial charge in [-0.3, -0.25) is 0 Å². The number of hydrogen-bond acceptors (Lipinski definition) is 8. The minimum Gasteiger partial charge on any atom is -0.507 e. The van der Waals surface area contributed by atoms with Gasteiger partial charge in [0, 0.05) is 47.2 Å². The molecule has 0 aliphatic carbocycles. The van der Waals surface area contributed by atoms with Crippen LogP contribution in [-0.4, -0.2) is 49.8 Å². The number of hydrogen-bond donors (Lipinski definition) is 2. The molecule has 3 atom stereocenters. The predicted molar refractivity (Wildman–Crippen MR) is 120 cm³/mol. The first kappa shape index (κ1) is 20.6. The van der Waals surface area contributed by atoms with Crippen molar-refractivity contribution in [2.45, 2.75) is 56.7 Å². The molecule has 1 aromatic carbocycles. The van der Waals surface area contributed by atoms with Gasteiger partial charge in [0.05, 0.1) is 19.0 Å². The van der Waals surface area contributed by atoms with Crippen LogP contribution in [0.4, 0.5) is 0 Å². The second-order valence-corrected chi connectivity index (χ2v) is 9.37. The number of nitrogens with zero attached hydrogens (tertiary/aromatic N) is 4. The van der Waals surface area contributed by atoms with E-state index in [-0.39, 0.29) is 22.9 Å². The molecule has 2 bridgehead atoms. The maximum Gasteiger partial charge on any atom is 0.233 e. The molecule has 2 aliphatic heterocycles. The molecule has 8 nitrogen and oxygen atoms in total. The number of phenols is 1. The molecule has 2 fully saturated rings. The second kappa shape index (κ2) is 7.70. The highest BCUT2D eigenvalue weighted by Gasteiger charge is 2.49. The fourth-order valence-corrected chi connectivity index (χ4v) is 5.10. The molecule has 0 radical (unpaired) electrons. The summed E-state index contributed by atoms with van der Waals surface area (Å²) < 4.78 is 11.3. The van der Waals surface area contributed by atoms with Crippen LogP contribution in [0.1, 0.15) is 39.5 Å². The van der Waals surface area contributed by atoms with Crippen molar-refractivity contribution in [3.05, 3.63) is 42.6 Å². The number of nitrogens with one attached hydrogen (secondary N) is 1. The van der Waals surface area contributed by atoms with E-state index >= 15 is 0 Å². The minimum absolute atomic E-state index is 0.108. The average Bonchev–Trinajstić information content (AvgIpc) is 3.01. The average molecular weight is 434 g/mol. The van der Waals surface area contributed by atoms with E-state index in [0.29, 0.717) is 23.0 Å². The molecule has 5 rings (SSSR count). The van der Waals surface area contributed by atoms with Gasteiger partial charge >= 0.3 is 0 Å². The Morgan fingerprint density at radius 3 is 2.38 bits per heavy atom. The fourth-order valence-electron chi connectivity index (χ4n) is 5.10. The number of aromatic nitrogens is 4. The SMILES string of the molecule is COc1cc(-c2ccc(-c3ccc(OC4C[C@]5(C)CC[C@](C)(C4)N5)nn3)c(O)c2)cnn1. The van der Waals surface area contributed by atoms with Gasteiger partial charge in [-0.1, -0.05) is 6.07 Å². The lowest BCUT2D eigenvalue weighted by Gasteiger charge is -2.41. The highest BCUT2D eigenvalue weighted by molar-refractivity contribution is 5.74. The van der Waals surface area contributed by atoms with Crippen LogP contribution in [0.3, 0.4) is 0 Å². The van der Waals surface area contributed by atoms with Crippen molar-refractivity contribution in [2.24, 2.45) is 0 Å². The summed E-state index contributed by atoms with van der Waals surface area (Å²) in [6.07, 6.45) is 6.01. The molecular weight excluding hydrogens is 406 g/mol. The number of methoxy groups -OCH3 is 1. The molecule has 0 saturated carbocycles. The lowest BCUT2D eigenvalue weighted by atomic mass is 9.86. The van der Waals surface area contributed by atoms with Gasteiger partial charge in [0.2, 0.25) is 11.8 Å². The zero-order valence-electron chi connectivity index (χ0n) is 18.5. The Bertz CT molecular complexity index is 1120. The Hall–Kier alpha value is -3.26. The van der Waals surface area contributed by atoms with Gasteiger partial charge in [-0.05, 0) is 50.5 Å². The van der Waals surface area contributed by atoms with Crippen molar-refractivity contribution in [1.82, 2.24) is 25.7 Å². The monoisotopic (exact) mass is 433 g/mol. The number of aromatic hydroxyl groups is 1. The topological polar surface area (TPSA) is 102 Å². The summed E-state index contributed by atoms with van der Waals surface area (Å²) in [6.45, 7) is 4.54. The third kappa shape index (κ3) is 3.98. The van der Waals surface area contributed by atoms with Crippen molar-refractivity contribution >= 4 is 0 Å². The van der Waals surface area contributed by atoms with E-state index in [0.717, 1.165) is 24.0 Å². The van der Waals surface area contributed by atoms with Crippen LogP contribution in [0, 0.1) is 0 Å². The molecule has 166 valence electrons. The lowest BCUT2D eigenvalue weighted by Crippen LogP contribution is -2.56. The molecule has 0 spiro atoms. The van der Waals surface area contributed by atoms with Crippen LogP contribution in [0.2, 0.25) is 0 Å². The van der Waals surface area contributed by atoms with E-state index in [1.165, 1.54) is 20.0 Å². The number of piperidine rings is 1. The van der Waals surface area contributed by atoms with Crippen LogP contribution in [0.5, 0.6) is 17.5 Å². The Kier molecular flexibility index (Phi) is 4.97. The predicted octanol–water partition coefficient (Wildman–Crippen LogP) is 3.76. The Labute approximate surface area is 187 Å². The third-order valence-electron chi connectivity index (χ3n) is 6.56. The smallest absolute Gasteiger partial charge is 0.233 e. The van der Waals surface area contributed by atoms with E-state index in [4.69, 9.17) is 9.47 Å². The van der Waals surface area contributed by atoms with E-state index in [2.05, 4.69) is 39.6 Å². The quantitative estimate of drug-likeness (QED) is 0.627. The molecule has 2 aromatic heterocycles. The maximum atomic E-state index is 10.6. The summed E-state index contributed by atoms with van der Waals surface area (Å²) in [5.41, 5.74) is 3.04. The summed E-state index contributed by atoms with van der Waals surface area (Å²) in [5, 5.41) is 30.7. The molecule has 8 heteroatoms. The van der Waals surface area contributed by atoms with Gasteiger partial charge in [-0.2, -0.15) is 5.10 Å². The Balaban J connectivity index is 1.32. The van der Waals surface area contributed by atoms with Crippen molar-refractivity contribution in [1.29, 1.82) is 0 Å². The van der Waals surface area contributed by atoms with Gasteiger partial charge in [0.1, 0.15) is 11.9 Å². The summed E-state index contributed by atoms with van der Waals surface area (Å²) in [4.78, 5) is 0. The molecule has 2 saturated heterocycles. The van der Waals surface area contributed by atoms with Crippen molar-refractivity contribution in [3.63, 3.8) is 0 Å². The first-order chi connectivity index (χ1) is 15.3. The minimum atomic E-state index is 0.108. The number of rotatable bonds is 5. The van der Waals surface area contributed by atoms with Crippen LogP contribution in [-0.2, 0) is 0 Å². The Morgan fingerprint density at radius 1 is 0.938 bits per heavy atom. The highest BCUT2D eigenvalue weighted by Crippen LogP contribution is 2.43. The molecular formula is C24H27N5O3. The normalized spacial score (nSPS) is 26.7. The van der Waals surface area contributed by atoms with Gasteiger partial charge in [-0.25, -0.2) is 0 Å². The van der Waals surface area contributed by atoms with Gasteiger partial charge in [-0.15, -0.1) is 15.3 Å². The molecule has 32 heavy (non-hydrogen) atoms. The van der Waals surface area contributed by atoms with Crippen molar-refractivity contribution in [3.8, 4) is 39.9 Å². The number of benzene rings is 1. The highest BCUT2D eigenvalue weighted by atomic mass is 16.5. The standard InChI is InChI=1S/C24H27N5O3/c1-23-8-9-24(2,29-23)13-17(12-23)32-21-7-6-19(26-28-21)18-5-4-15(10-20(18)30)16-11-22(31-3)27-25-14-16/h4-7,10-11,14,17,29-30H,8-9,12-13H2,1-3H3/t17?,23-,24+. The van der Waals surface area contributed by atoms with Crippen LogP contribution >= 0.6 is 0 Å². The molecule has 2 aliphatic rings. The molecule has 3 aromatic rings. The number of fused-ring (bicyclic) bond motifs is 2.